The van der Waals surface area contributed by atoms with Gasteiger partial charge in [0.25, 0.3) is 5.91 Å². The fourth-order valence-corrected chi connectivity index (χ4v) is 4.06. The van der Waals surface area contributed by atoms with E-state index in [-0.39, 0.29) is 23.8 Å². The van der Waals surface area contributed by atoms with Crippen molar-refractivity contribution in [1.29, 1.82) is 0 Å². The molecule has 0 unspecified atom stereocenters. The maximum Gasteiger partial charge on any atom is 0.276 e. The number of aliphatic hydroxyl groups excluding tert-OH is 1. The molecule has 9 nitrogen and oxygen atoms in total. The van der Waals surface area contributed by atoms with E-state index in [2.05, 4.69) is 21.9 Å². The van der Waals surface area contributed by atoms with Crippen LogP contribution in [0.3, 0.4) is 0 Å². The Morgan fingerprint density at radius 2 is 2.00 bits per heavy atom. The number of amides is 1. The average molecular weight is 489 g/mol. The van der Waals surface area contributed by atoms with Crippen LogP contribution in [0.4, 0.5) is 0 Å². The zero-order valence-electron chi connectivity index (χ0n) is 18.8. The first-order valence-corrected chi connectivity index (χ1v) is 11.3. The summed E-state index contributed by atoms with van der Waals surface area (Å²) in [7, 11) is 0. The number of hydroxylamine groups is 1. The summed E-state index contributed by atoms with van der Waals surface area (Å²) in [5.74, 6) is -0.500. The molecule has 0 radical (unpaired) electrons. The van der Waals surface area contributed by atoms with Crippen LogP contribution in [0.1, 0.15) is 21.6 Å². The van der Waals surface area contributed by atoms with Gasteiger partial charge in [-0.15, -0.1) is 5.10 Å². The van der Waals surface area contributed by atoms with Gasteiger partial charge in [0.2, 0.25) is 0 Å². The third-order valence-corrected chi connectivity index (χ3v) is 5.80. The van der Waals surface area contributed by atoms with Crippen LogP contribution in [-0.2, 0) is 11.4 Å². The first-order valence-electron chi connectivity index (χ1n) is 10.9. The van der Waals surface area contributed by atoms with E-state index in [1.54, 1.807) is 22.9 Å². The number of rotatable bonds is 7. The van der Waals surface area contributed by atoms with Gasteiger partial charge in [-0.05, 0) is 42.8 Å². The van der Waals surface area contributed by atoms with E-state index < -0.39 is 5.91 Å². The number of carbonyl (C=O) groups excluding carboxylic acids is 1. The summed E-state index contributed by atoms with van der Waals surface area (Å²) < 4.78 is 1.75. The fourth-order valence-electron chi connectivity index (χ4n) is 3.79. The fraction of sp³-hybridized carbons (Fsp3) is 0.160. The number of benzene rings is 2. The third-order valence-electron chi connectivity index (χ3n) is 5.49. The van der Waals surface area contributed by atoms with Gasteiger partial charge in [-0.3, -0.25) is 14.6 Å². The van der Waals surface area contributed by atoms with E-state index in [1.165, 1.54) is 0 Å². The third kappa shape index (κ3) is 4.69. The van der Waals surface area contributed by atoms with Crippen LogP contribution in [0.5, 0.6) is 0 Å². The van der Waals surface area contributed by atoms with Crippen molar-refractivity contribution in [1.82, 2.24) is 30.4 Å². The van der Waals surface area contributed by atoms with Crippen LogP contribution in [0.25, 0.3) is 33.3 Å². The van der Waals surface area contributed by atoms with Gasteiger partial charge in [0.15, 0.2) is 5.65 Å². The Morgan fingerprint density at radius 1 is 1.11 bits per heavy atom. The van der Waals surface area contributed by atoms with Gasteiger partial charge >= 0.3 is 0 Å². The normalized spacial score (nSPS) is 11.3. The van der Waals surface area contributed by atoms with Crippen molar-refractivity contribution >= 4 is 39.6 Å². The van der Waals surface area contributed by atoms with Crippen molar-refractivity contribution in [3.05, 3.63) is 82.5 Å². The predicted molar refractivity (Wildman–Crippen MR) is 132 cm³/mol. The molecule has 176 valence electrons. The number of aryl methyl sites for hydroxylation is 1. The summed E-state index contributed by atoms with van der Waals surface area (Å²) in [6.07, 6.45) is 0. The lowest BCUT2D eigenvalue weighted by atomic mass is 10.1. The Bertz CT molecular complexity index is 1550. The first kappa shape index (κ1) is 22.9. The molecule has 0 fully saturated rings. The van der Waals surface area contributed by atoms with Crippen molar-refractivity contribution in [2.24, 2.45) is 0 Å². The standard InChI is InChI=1S/C25H21ClN6O3/c1-15-5-6-16-3-2-4-18(23(16)27-15)14-32-24-22(29-31-32)10-9-21(28-24)17-7-8-19(20(26)13-17)25(34)30-35-12-11-33/h2-10,13,33H,11-12,14H2,1H3,(H,30,34). The second-order valence-corrected chi connectivity index (χ2v) is 8.33. The molecule has 2 aromatic carbocycles. The number of halogens is 1. The van der Waals surface area contributed by atoms with E-state index in [0.29, 0.717) is 23.4 Å². The Morgan fingerprint density at radius 3 is 2.83 bits per heavy atom. The second kappa shape index (κ2) is 9.75. The smallest absolute Gasteiger partial charge is 0.276 e. The molecule has 0 aliphatic rings. The van der Waals surface area contributed by atoms with Gasteiger partial charge in [0, 0.05) is 16.6 Å². The molecule has 35 heavy (non-hydrogen) atoms. The summed E-state index contributed by atoms with van der Waals surface area (Å²) in [6, 6.07) is 18.8. The molecule has 3 heterocycles. The lowest BCUT2D eigenvalue weighted by Crippen LogP contribution is -2.25. The summed E-state index contributed by atoms with van der Waals surface area (Å²) in [5.41, 5.74) is 8.08. The van der Waals surface area contributed by atoms with Crippen LogP contribution in [-0.4, -0.2) is 49.2 Å². The molecule has 0 aliphatic heterocycles. The van der Waals surface area contributed by atoms with Crippen LogP contribution in [0.2, 0.25) is 5.02 Å². The molecule has 0 bridgehead atoms. The van der Waals surface area contributed by atoms with Gasteiger partial charge in [-0.2, -0.15) is 0 Å². The minimum Gasteiger partial charge on any atom is -0.394 e. The number of aliphatic hydroxyl groups is 1. The molecule has 0 aliphatic carbocycles. The number of fused-ring (bicyclic) bond motifs is 2. The molecule has 5 rings (SSSR count). The lowest BCUT2D eigenvalue weighted by Gasteiger charge is -2.09. The zero-order valence-corrected chi connectivity index (χ0v) is 19.5. The molecule has 2 N–H and O–H groups in total. The lowest BCUT2D eigenvalue weighted by molar-refractivity contribution is 0.0168. The van der Waals surface area contributed by atoms with E-state index in [9.17, 15) is 4.79 Å². The highest BCUT2D eigenvalue weighted by Gasteiger charge is 2.14. The molecule has 0 spiro atoms. The highest BCUT2D eigenvalue weighted by molar-refractivity contribution is 6.34. The molecule has 0 saturated heterocycles. The summed E-state index contributed by atoms with van der Waals surface area (Å²) >= 11 is 6.36. The largest absolute Gasteiger partial charge is 0.394 e. The highest BCUT2D eigenvalue weighted by atomic mass is 35.5. The summed E-state index contributed by atoms with van der Waals surface area (Å²) in [5, 5.41) is 18.6. The Hall–Kier alpha value is -3.92. The molecular weight excluding hydrogens is 468 g/mol. The van der Waals surface area contributed by atoms with Gasteiger partial charge in [0.05, 0.1) is 41.6 Å². The highest BCUT2D eigenvalue weighted by Crippen LogP contribution is 2.26. The number of nitrogens with one attached hydrogen (secondary N) is 1. The molecule has 10 heteroatoms. The Kier molecular flexibility index (Phi) is 6.37. The van der Waals surface area contributed by atoms with E-state index in [4.69, 9.17) is 31.5 Å². The molecule has 5 aromatic rings. The Labute approximate surface area is 205 Å². The zero-order chi connectivity index (χ0) is 24.4. The SMILES string of the molecule is Cc1ccc2cccc(Cn3nnc4ccc(-c5ccc(C(=O)NOCCO)c(Cl)c5)nc43)c2n1. The summed E-state index contributed by atoms with van der Waals surface area (Å²) in [4.78, 5) is 26.6. The molecule has 0 saturated carbocycles. The monoisotopic (exact) mass is 488 g/mol. The van der Waals surface area contributed by atoms with E-state index >= 15 is 0 Å². The van der Waals surface area contributed by atoms with E-state index in [1.807, 2.05) is 43.3 Å². The van der Waals surface area contributed by atoms with Crippen molar-refractivity contribution < 1.29 is 14.7 Å². The van der Waals surface area contributed by atoms with Crippen LogP contribution >= 0.6 is 11.6 Å². The van der Waals surface area contributed by atoms with Crippen LogP contribution < -0.4 is 5.48 Å². The van der Waals surface area contributed by atoms with Crippen molar-refractivity contribution in [3.8, 4) is 11.3 Å². The maximum absolute atomic E-state index is 12.2. The van der Waals surface area contributed by atoms with Gasteiger partial charge < -0.3 is 5.11 Å². The number of hydrogen-bond donors (Lipinski definition) is 2. The number of para-hydroxylation sites is 1. The number of pyridine rings is 2. The maximum atomic E-state index is 12.2. The van der Waals surface area contributed by atoms with Crippen LogP contribution in [0, 0.1) is 6.92 Å². The molecule has 0 atom stereocenters. The average Bonchev–Trinajstić information content (AvgIpc) is 3.26. The first-order chi connectivity index (χ1) is 17.0. The topological polar surface area (TPSA) is 115 Å². The Balaban J connectivity index is 1.46. The number of aromatic nitrogens is 5. The predicted octanol–water partition coefficient (Wildman–Crippen LogP) is 3.71. The van der Waals surface area contributed by atoms with Crippen molar-refractivity contribution in [3.63, 3.8) is 0 Å². The number of carbonyl (C=O) groups is 1. The van der Waals surface area contributed by atoms with Gasteiger partial charge in [-0.1, -0.05) is 47.1 Å². The molecular formula is C25H21ClN6O3. The van der Waals surface area contributed by atoms with Crippen LogP contribution in [0.15, 0.2) is 60.7 Å². The quantitative estimate of drug-likeness (QED) is 0.265. The minimum atomic E-state index is -0.500. The number of nitrogens with zero attached hydrogens (tertiary/aromatic N) is 5. The van der Waals surface area contributed by atoms with Crippen molar-refractivity contribution in [2.75, 3.05) is 13.2 Å². The van der Waals surface area contributed by atoms with Gasteiger partial charge in [-0.25, -0.2) is 15.1 Å². The molecule has 1 amide bonds. The van der Waals surface area contributed by atoms with Crippen molar-refractivity contribution in [2.45, 2.75) is 13.5 Å². The molecule has 3 aromatic heterocycles. The van der Waals surface area contributed by atoms with E-state index in [0.717, 1.165) is 27.7 Å². The summed E-state index contributed by atoms with van der Waals surface area (Å²) in [6.45, 7) is 2.22. The number of hydrogen-bond acceptors (Lipinski definition) is 7. The van der Waals surface area contributed by atoms with Gasteiger partial charge in [0.1, 0.15) is 5.52 Å². The minimum absolute atomic E-state index is 0.0124. The second-order valence-electron chi connectivity index (χ2n) is 7.93.